The maximum absolute atomic E-state index is 13.0. The first kappa shape index (κ1) is 79.8. The molecule has 83 heavy (non-hydrogen) atoms. The molecule has 0 fully saturated rings. The first-order valence-electron chi connectivity index (χ1n) is 36.4. The lowest BCUT2D eigenvalue weighted by Crippen LogP contribution is -2.30. The monoisotopic (exact) mass is 1160 g/mol. The average Bonchev–Trinajstić information content (AvgIpc) is 3.50. The van der Waals surface area contributed by atoms with Crippen LogP contribution >= 0.6 is 0 Å². The fourth-order valence-corrected chi connectivity index (χ4v) is 10.7. The summed E-state index contributed by atoms with van der Waals surface area (Å²) in [6.45, 7) is 6.65. The van der Waals surface area contributed by atoms with Gasteiger partial charge < -0.3 is 14.2 Å². The van der Waals surface area contributed by atoms with E-state index < -0.39 is 6.10 Å². The second-order valence-corrected chi connectivity index (χ2v) is 24.5. The number of hydrogen-bond donors (Lipinski definition) is 0. The van der Waals surface area contributed by atoms with Crippen molar-refractivity contribution >= 4 is 17.9 Å². The largest absolute Gasteiger partial charge is 0.462 e. The van der Waals surface area contributed by atoms with Gasteiger partial charge in [-0.25, -0.2) is 0 Å². The van der Waals surface area contributed by atoms with Crippen molar-refractivity contribution in [3.05, 3.63) is 72.9 Å². The number of rotatable bonds is 67. The highest BCUT2D eigenvalue weighted by atomic mass is 16.6. The topological polar surface area (TPSA) is 78.9 Å². The first-order chi connectivity index (χ1) is 41.0. The van der Waals surface area contributed by atoms with E-state index in [4.69, 9.17) is 14.2 Å². The van der Waals surface area contributed by atoms with Gasteiger partial charge in [-0.05, 0) is 116 Å². The molecule has 0 N–H and O–H groups in total. The molecule has 0 rings (SSSR count). The number of allylic oxidation sites excluding steroid dienone is 12. The van der Waals surface area contributed by atoms with E-state index in [0.29, 0.717) is 19.3 Å². The summed E-state index contributed by atoms with van der Waals surface area (Å²) >= 11 is 0. The number of carbonyl (C=O) groups excluding carboxylic acids is 3. The van der Waals surface area contributed by atoms with Gasteiger partial charge in [0.1, 0.15) is 13.2 Å². The van der Waals surface area contributed by atoms with Crippen molar-refractivity contribution in [2.45, 2.75) is 386 Å². The highest BCUT2D eigenvalue weighted by Gasteiger charge is 2.19. The molecule has 1 atom stereocenters. The normalized spacial score (nSPS) is 12.5. The Hall–Kier alpha value is -3.15. The first-order valence-corrected chi connectivity index (χ1v) is 36.4. The van der Waals surface area contributed by atoms with Crippen LogP contribution in [-0.2, 0) is 28.6 Å². The van der Waals surface area contributed by atoms with Gasteiger partial charge in [0.15, 0.2) is 6.10 Å². The Labute approximate surface area is 516 Å². The van der Waals surface area contributed by atoms with Gasteiger partial charge in [-0.3, -0.25) is 14.4 Å². The van der Waals surface area contributed by atoms with Crippen molar-refractivity contribution in [2.24, 2.45) is 0 Å². The highest BCUT2D eigenvalue weighted by molar-refractivity contribution is 5.71. The van der Waals surface area contributed by atoms with Gasteiger partial charge in [0, 0.05) is 19.3 Å². The summed E-state index contributed by atoms with van der Waals surface area (Å²) in [4.78, 5) is 38.5. The Morgan fingerprint density at radius 2 is 0.434 bits per heavy atom. The van der Waals surface area contributed by atoms with Gasteiger partial charge in [0.2, 0.25) is 0 Å². The Kier molecular flexibility index (Phi) is 68.6. The van der Waals surface area contributed by atoms with Crippen LogP contribution in [0.1, 0.15) is 380 Å². The van der Waals surface area contributed by atoms with Gasteiger partial charge in [0.25, 0.3) is 0 Å². The maximum Gasteiger partial charge on any atom is 0.306 e. The molecule has 0 saturated carbocycles. The molecule has 0 aromatic carbocycles. The molecule has 0 heterocycles. The smallest absolute Gasteiger partial charge is 0.306 e. The average molecular weight is 1160 g/mol. The second-order valence-electron chi connectivity index (χ2n) is 24.5. The van der Waals surface area contributed by atoms with E-state index in [0.717, 1.165) is 83.5 Å². The van der Waals surface area contributed by atoms with E-state index in [1.165, 1.54) is 257 Å². The van der Waals surface area contributed by atoms with E-state index >= 15 is 0 Å². The molecule has 0 aliphatic heterocycles. The molecule has 0 saturated heterocycles. The molecule has 482 valence electrons. The lowest BCUT2D eigenvalue weighted by Gasteiger charge is -2.18. The number of carbonyl (C=O) groups is 3. The Bertz CT molecular complexity index is 1520. The summed E-state index contributed by atoms with van der Waals surface area (Å²) in [6, 6.07) is 0. The Balaban J connectivity index is 4.32. The summed E-state index contributed by atoms with van der Waals surface area (Å²) in [5.41, 5.74) is 0. The van der Waals surface area contributed by atoms with Crippen LogP contribution in [-0.4, -0.2) is 37.2 Å². The fraction of sp³-hybridized carbons (Fsp3) is 0.805. The summed E-state index contributed by atoms with van der Waals surface area (Å²) in [5, 5.41) is 0. The molecular formula is C77H138O6. The SMILES string of the molecule is CCCCC/C=C\C/C=C\CCCCCCCCCC(=O)OCC(COC(=O)CCCCCCCCCCCCCC/C=C\C/C=C\C/C=C\CCCCCCC)OC(=O)CCCCCCCCCCC/C=C\CCCCCCCCCC. The van der Waals surface area contributed by atoms with Crippen LogP contribution in [0.15, 0.2) is 72.9 Å². The molecule has 6 nitrogen and oxygen atoms in total. The zero-order chi connectivity index (χ0) is 59.9. The summed E-state index contributed by atoms with van der Waals surface area (Å²) in [7, 11) is 0. The van der Waals surface area contributed by atoms with Gasteiger partial charge in [-0.2, -0.15) is 0 Å². The van der Waals surface area contributed by atoms with Crippen molar-refractivity contribution in [1.29, 1.82) is 0 Å². The minimum absolute atomic E-state index is 0.0773. The van der Waals surface area contributed by atoms with Crippen LogP contribution in [0.5, 0.6) is 0 Å². The second kappa shape index (κ2) is 71.3. The maximum atomic E-state index is 13.0. The minimum Gasteiger partial charge on any atom is -0.462 e. The third-order valence-corrected chi connectivity index (χ3v) is 16.2. The fourth-order valence-electron chi connectivity index (χ4n) is 10.7. The van der Waals surface area contributed by atoms with Gasteiger partial charge >= 0.3 is 17.9 Å². The van der Waals surface area contributed by atoms with Crippen molar-refractivity contribution in [1.82, 2.24) is 0 Å². The molecule has 1 unspecified atom stereocenters. The van der Waals surface area contributed by atoms with Gasteiger partial charge in [0.05, 0.1) is 0 Å². The minimum atomic E-state index is -0.783. The molecule has 0 aromatic rings. The van der Waals surface area contributed by atoms with E-state index in [1.54, 1.807) is 0 Å². The van der Waals surface area contributed by atoms with Crippen molar-refractivity contribution in [2.75, 3.05) is 13.2 Å². The molecule has 0 aliphatic rings. The summed E-state index contributed by atoms with van der Waals surface area (Å²) < 4.78 is 17.0. The van der Waals surface area contributed by atoms with Crippen molar-refractivity contribution in [3.8, 4) is 0 Å². The van der Waals surface area contributed by atoms with Gasteiger partial charge in [-0.15, -0.1) is 0 Å². The highest BCUT2D eigenvalue weighted by Crippen LogP contribution is 2.17. The van der Waals surface area contributed by atoms with Crippen LogP contribution in [0.2, 0.25) is 0 Å². The quantitative estimate of drug-likeness (QED) is 0.0261. The molecule has 0 aromatic heterocycles. The molecule has 6 heteroatoms. The molecule has 0 radical (unpaired) electrons. The zero-order valence-electron chi connectivity index (χ0n) is 55.5. The number of hydrogen-bond acceptors (Lipinski definition) is 6. The van der Waals surface area contributed by atoms with Gasteiger partial charge in [-0.1, -0.05) is 318 Å². The van der Waals surface area contributed by atoms with Crippen molar-refractivity contribution < 1.29 is 28.6 Å². The molecule has 0 amide bonds. The van der Waals surface area contributed by atoms with Crippen LogP contribution in [0.3, 0.4) is 0 Å². The predicted octanol–water partition coefficient (Wildman–Crippen LogP) is 25.2. The van der Waals surface area contributed by atoms with E-state index in [2.05, 4.69) is 93.7 Å². The third kappa shape index (κ3) is 69.5. The molecule has 0 spiro atoms. The number of ether oxygens (including phenoxy) is 3. The van der Waals surface area contributed by atoms with E-state index in [9.17, 15) is 14.4 Å². The number of esters is 3. The zero-order valence-corrected chi connectivity index (χ0v) is 55.5. The van der Waals surface area contributed by atoms with Crippen LogP contribution < -0.4 is 0 Å². The Morgan fingerprint density at radius 3 is 0.711 bits per heavy atom. The molecule has 0 bridgehead atoms. The van der Waals surface area contributed by atoms with E-state index in [-0.39, 0.29) is 31.1 Å². The van der Waals surface area contributed by atoms with Crippen LogP contribution in [0, 0.1) is 0 Å². The molecule has 0 aliphatic carbocycles. The van der Waals surface area contributed by atoms with E-state index in [1.807, 2.05) is 0 Å². The standard InChI is InChI=1S/C77H138O6/c1-4-7-10-13-16-19-22-25-28-31-33-35-36-37-38-39-40-42-43-46-49-52-55-58-61-64-67-70-76(79)82-73-74(72-81-75(78)69-66-63-60-57-54-51-48-45-30-27-24-21-18-15-12-9-6-3)83-77(80)71-68-65-62-59-56-53-50-47-44-41-34-32-29-26-23-20-17-14-11-8-5-2/h18,21-22,25,27,30-34,36-37,74H,4-17,19-20,23-24,26,28-29,35,38-73H2,1-3H3/b21-18-,25-22-,30-27-,33-31-,34-32-,37-36-. The predicted molar refractivity (Wildman–Crippen MR) is 362 cm³/mol. The Morgan fingerprint density at radius 1 is 0.241 bits per heavy atom. The lowest BCUT2D eigenvalue weighted by atomic mass is 10.0. The van der Waals surface area contributed by atoms with Crippen LogP contribution in [0.25, 0.3) is 0 Å². The summed E-state index contributed by atoms with van der Waals surface area (Å²) in [6.07, 6.45) is 93.5. The summed E-state index contributed by atoms with van der Waals surface area (Å²) in [5.74, 6) is -0.867. The third-order valence-electron chi connectivity index (χ3n) is 16.2. The lowest BCUT2D eigenvalue weighted by molar-refractivity contribution is -0.167. The van der Waals surface area contributed by atoms with Crippen LogP contribution in [0.4, 0.5) is 0 Å². The van der Waals surface area contributed by atoms with Crippen molar-refractivity contribution in [3.63, 3.8) is 0 Å². The molecular weight excluding hydrogens is 1020 g/mol. The number of unbranched alkanes of at least 4 members (excludes halogenated alkanes) is 44.